The van der Waals surface area contributed by atoms with Gasteiger partial charge in [-0.15, -0.1) is 0 Å². The van der Waals surface area contributed by atoms with Crippen LogP contribution in [0.15, 0.2) is 121 Å². The van der Waals surface area contributed by atoms with Gasteiger partial charge in [0.2, 0.25) is 0 Å². The molecule has 6 aromatic carbocycles. The Hall–Kier alpha value is -6.24. The van der Waals surface area contributed by atoms with Crippen molar-refractivity contribution in [3.05, 3.63) is 196 Å². The molecule has 15 nitrogen and oxygen atoms in total. The number of rotatable bonds is 19. The van der Waals surface area contributed by atoms with E-state index in [1.54, 1.807) is 135 Å². The smallest absolute Gasteiger partial charge is 0.329 e. The number of hydrogen-bond donors (Lipinski definition) is 6. The molecule has 0 bridgehead atoms. The van der Waals surface area contributed by atoms with Crippen LogP contribution in [0.4, 0.5) is 11.4 Å². The fourth-order valence-corrected chi connectivity index (χ4v) is 11.1. The van der Waals surface area contributed by atoms with Gasteiger partial charge in [-0.3, -0.25) is 24.1 Å². The molecular formula is C62H66Cl6N6O9. The molecule has 2 unspecified atom stereocenters. The number of carboxylic acid groups (broad SMARTS) is 1. The number of likely N-dealkylation sites (tertiary alicyclic amines) is 2. The molecule has 8 rings (SSSR count). The summed E-state index contributed by atoms with van der Waals surface area (Å²) < 4.78 is 5.61. The van der Waals surface area contributed by atoms with Crippen molar-refractivity contribution in [1.82, 2.24) is 20.4 Å². The molecule has 2 saturated heterocycles. The number of nitrogens with zero attached hydrogens (tertiary/aromatic N) is 2. The number of hydrogen-bond acceptors (Lipinski definition) is 10. The van der Waals surface area contributed by atoms with Crippen molar-refractivity contribution in [2.75, 3.05) is 63.1 Å². The van der Waals surface area contributed by atoms with Crippen LogP contribution in [0.25, 0.3) is 0 Å². The van der Waals surface area contributed by atoms with E-state index >= 15 is 0 Å². The summed E-state index contributed by atoms with van der Waals surface area (Å²) >= 11 is 36.9. The lowest BCUT2D eigenvalue weighted by Crippen LogP contribution is -2.44. The predicted molar refractivity (Wildman–Crippen MR) is 330 cm³/mol. The zero-order valence-electron chi connectivity index (χ0n) is 45.9. The molecular weight excluding hydrogens is 1190 g/mol. The number of halogens is 6. The number of nitrogens with one attached hydrogen (secondary N) is 4. The molecule has 2 atom stereocenters. The average molecular weight is 1250 g/mol. The summed E-state index contributed by atoms with van der Waals surface area (Å²) in [5.74, 6) is -3.63. The number of esters is 1. The minimum atomic E-state index is -1.18. The number of benzene rings is 6. The molecule has 0 saturated carbocycles. The molecule has 0 aromatic heterocycles. The van der Waals surface area contributed by atoms with Crippen LogP contribution >= 0.6 is 69.6 Å². The number of aliphatic hydroxyl groups is 1. The zero-order chi connectivity index (χ0) is 60.0. The second-order valence-electron chi connectivity index (χ2n) is 19.9. The van der Waals surface area contributed by atoms with Gasteiger partial charge in [0.05, 0.1) is 59.0 Å². The van der Waals surface area contributed by atoms with Gasteiger partial charge in [-0.2, -0.15) is 0 Å². The third-order valence-electron chi connectivity index (χ3n) is 13.7. The number of ether oxygens (including phenoxy) is 1. The summed E-state index contributed by atoms with van der Waals surface area (Å²) in [6.45, 7) is 9.98. The second kappa shape index (κ2) is 33.3. The number of amides is 4. The lowest BCUT2D eigenvalue weighted by atomic mass is 10.0. The average Bonchev–Trinajstić information content (AvgIpc) is 3.54. The molecule has 4 amide bonds. The number of β-amino-alcohol motifs (C(OH)–C–C–N with tert-alkyl or cyclic N) is 1. The maximum absolute atomic E-state index is 13.2. The molecule has 2 heterocycles. The zero-order valence-corrected chi connectivity index (χ0v) is 50.5. The molecule has 6 N–H and O–H groups in total. The Balaban J connectivity index is 0.000000235. The van der Waals surface area contributed by atoms with E-state index in [0.717, 1.165) is 38.0 Å². The second-order valence-corrected chi connectivity index (χ2v) is 22.3. The van der Waals surface area contributed by atoms with Crippen molar-refractivity contribution in [2.24, 2.45) is 0 Å². The fraction of sp³-hybridized carbons (Fsp3) is 0.323. The lowest BCUT2D eigenvalue weighted by molar-refractivity contribution is -0.146. The van der Waals surface area contributed by atoms with E-state index in [4.69, 9.17) is 79.4 Å². The number of aryl methyl sites for hydroxylation is 2. The van der Waals surface area contributed by atoms with Crippen LogP contribution < -0.4 is 21.3 Å². The Kier molecular flexibility index (Phi) is 26.4. The molecule has 6 aromatic rings. The van der Waals surface area contributed by atoms with E-state index < -0.39 is 47.7 Å². The van der Waals surface area contributed by atoms with E-state index in [1.165, 1.54) is 38.8 Å². The first-order valence-electron chi connectivity index (χ1n) is 27.1. The third kappa shape index (κ3) is 20.2. The minimum Gasteiger partial charge on any atom is -0.480 e. The van der Waals surface area contributed by atoms with Gasteiger partial charge in [0.15, 0.2) is 0 Å². The first kappa shape index (κ1) is 65.9. The SMILES string of the molecule is Cc1cccc(Cl)c1C(=O)NC(Cc1ccc(NC(=O)c2c(Cl)cccc2Cl)cc1)C(=O)O.Cc1cccc(Cl)c1C(=O)NC(Cc1ccc(NC(=O)c2c(Cl)cccc2Cl)cc1)C(=O)OCCN1CCCCC1.OCCN1CCCCC1. The Labute approximate surface area is 513 Å². The maximum Gasteiger partial charge on any atom is 0.329 e. The monoisotopic (exact) mass is 1250 g/mol. The number of aliphatic hydroxyl groups excluding tert-OH is 1. The predicted octanol–water partition coefficient (Wildman–Crippen LogP) is 12.7. The summed E-state index contributed by atoms with van der Waals surface area (Å²) in [5.41, 5.74) is 4.64. The van der Waals surface area contributed by atoms with Crippen molar-refractivity contribution >= 4 is 117 Å². The molecule has 440 valence electrons. The topological polar surface area (TPSA) is 207 Å². The molecule has 2 aliphatic heterocycles. The van der Waals surface area contributed by atoms with Crippen molar-refractivity contribution in [3.8, 4) is 0 Å². The number of aliphatic carboxylic acids is 1. The van der Waals surface area contributed by atoms with Crippen LogP contribution in [0.2, 0.25) is 30.1 Å². The summed E-state index contributed by atoms with van der Waals surface area (Å²) in [6.07, 6.45) is 7.75. The van der Waals surface area contributed by atoms with E-state index in [1.807, 2.05) is 0 Å². The highest BCUT2D eigenvalue weighted by atomic mass is 35.5. The molecule has 0 aliphatic carbocycles. The molecule has 0 spiro atoms. The highest BCUT2D eigenvalue weighted by molar-refractivity contribution is 6.41. The van der Waals surface area contributed by atoms with Crippen LogP contribution in [0.1, 0.15) is 102 Å². The van der Waals surface area contributed by atoms with Crippen molar-refractivity contribution in [2.45, 2.75) is 77.3 Å². The summed E-state index contributed by atoms with van der Waals surface area (Å²) in [6, 6.07) is 31.2. The Morgan fingerprint density at radius 2 is 0.819 bits per heavy atom. The number of carboxylic acids is 1. The van der Waals surface area contributed by atoms with Gasteiger partial charge in [0.25, 0.3) is 23.6 Å². The molecule has 83 heavy (non-hydrogen) atoms. The van der Waals surface area contributed by atoms with E-state index in [-0.39, 0.29) is 61.3 Å². The molecule has 2 fully saturated rings. The quantitative estimate of drug-likeness (QED) is 0.0421. The first-order chi connectivity index (χ1) is 39.8. The van der Waals surface area contributed by atoms with Crippen LogP contribution in [0.5, 0.6) is 0 Å². The van der Waals surface area contributed by atoms with Crippen molar-refractivity contribution in [1.29, 1.82) is 0 Å². The Morgan fingerprint density at radius 1 is 0.470 bits per heavy atom. The fourth-order valence-electron chi connectivity index (χ4n) is 9.31. The highest BCUT2D eigenvalue weighted by Crippen LogP contribution is 2.28. The third-order valence-corrected chi connectivity index (χ3v) is 15.6. The van der Waals surface area contributed by atoms with Crippen LogP contribution in [0, 0.1) is 13.8 Å². The number of piperidine rings is 2. The first-order valence-corrected chi connectivity index (χ1v) is 29.4. The lowest BCUT2D eigenvalue weighted by Gasteiger charge is -2.26. The van der Waals surface area contributed by atoms with Crippen LogP contribution in [-0.4, -0.2) is 120 Å². The Bertz CT molecular complexity index is 3110. The highest BCUT2D eigenvalue weighted by Gasteiger charge is 2.27. The van der Waals surface area contributed by atoms with E-state index in [2.05, 4.69) is 31.1 Å². The van der Waals surface area contributed by atoms with Gasteiger partial charge in [-0.1, -0.05) is 143 Å². The minimum absolute atomic E-state index is 0.0368. The van der Waals surface area contributed by atoms with Crippen LogP contribution in [-0.2, 0) is 27.2 Å². The normalized spacial score (nSPS) is 14.0. The van der Waals surface area contributed by atoms with Gasteiger partial charge in [0, 0.05) is 37.3 Å². The number of carbonyl (C=O) groups is 6. The Morgan fingerprint density at radius 3 is 1.19 bits per heavy atom. The van der Waals surface area contributed by atoms with E-state index in [0.29, 0.717) is 51.8 Å². The summed E-state index contributed by atoms with van der Waals surface area (Å²) in [4.78, 5) is 80.6. The van der Waals surface area contributed by atoms with Gasteiger partial charge in [0.1, 0.15) is 18.7 Å². The van der Waals surface area contributed by atoms with Gasteiger partial charge >= 0.3 is 11.9 Å². The van der Waals surface area contributed by atoms with Crippen LogP contribution in [0.3, 0.4) is 0 Å². The summed E-state index contributed by atoms with van der Waals surface area (Å²) in [5, 5.41) is 30.5. The number of carbonyl (C=O) groups excluding carboxylic acids is 5. The van der Waals surface area contributed by atoms with Gasteiger partial charge in [-0.25, -0.2) is 9.59 Å². The van der Waals surface area contributed by atoms with Gasteiger partial charge < -0.3 is 41.1 Å². The molecule has 2 aliphatic rings. The van der Waals surface area contributed by atoms with Gasteiger partial charge in [-0.05, 0) is 149 Å². The molecule has 21 heteroatoms. The molecule has 0 radical (unpaired) electrons. The largest absolute Gasteiger partial charge is 0.480 e. The number of anilines is 2. The standard InChI is InChI=1S/C31H32Cl3N3O4.C24H19Cl3N2O4.C7H15NO/c1-20-7-5-8-23(32)27(20)29(38)36-26(31(40)41-18-17-37-15-3-2-4-16-37)19-21-11-13-22(14-12-21)35-30(39)28-24(33)9-6-10-25(28)34;1-13-4-2-5-16(25)20(13)22(30)29-19(24(32)33)12-14-8-10-15(11-9-14)28-23(31)21-17(26)6-3-7-18(21)27;9-7-6-8-4-2-1-3-5-8/h5-14,26H,2-4,15-19H2,1H3,(H,35,39)(H,36,38);2-11,19H,12H2,1H3,(H,28,31)(H,29,30)(H,32,33);9H,1-7H2. The van der Waals surface area contributed by atoms with E-state index in [9.17, 15) is 33.9 Å². The van der Waals surface area contributed by atoms with Crippen molar-refractivity contribution in [3.63, 3.8) is 0 Å². The summed E-state index contributed by atoms with van der Waals surface area (Å²) in [7, 11) is 0. The van der Waals surface area contributed by atoms with Crippen molar-refractivity contribution < 1.29 is 43.7 Å². The maximum atomic E-state index is 13.2.